The summed E-state index contributed by atoms with van der Waals surface area (Å²) >= 11 is 0. The largest absolute Gasteiger partial charge is 0.607 e. The van der Waals surface area contributed by atoms with Crippen molar-refractivity contribution in [2.75, 3.05) is 0 Å². The highest BCUT2D eigenvalue weighted by atomic mass is 31.1. The Kier molecular flexibility index (Phi) is 7.07. The second kappa shape index (κ2) is 3.98. The van der Waals surface area contributed by atoms with Gasteiger partial charge in [-0.1, -0.05) is 5.50 Å². The van der Waals surface area contributed by atoms with Crippen LogP contribution in [0.1, 0.15) is 0 Å². The van der Waals surface area contributed by atoms with E-state index >= 15 is 0 Å². The van der Waals surface area contributed by atoms with Crippen LogP contribution in [0.25, 0.3) is 0 Å². The zero-order valence-electron chi connectivity index (χ0n) is 2.59. The lowest BCUT2D eigenvalue weighted by atomic mass is 13.9. The molecule has 0 radical (unpaired) electrons. The Morgan fingerprint density at radius 1 is 1.80 bits per heavy atom. The highest BCUT2D eigenvalue weighted by Crippen LogP contribution is 1.91. The Hall–Kier alpha value is -0.0200. The molecule has 0 rings (SSSR count). The van der Waals surface area contributed by atoms with E-state index < -0.39 is 8.18 Å². The van der Waals surface area contributed by atoms with Gasteiger partial charge in [-0.3, -0.25) is 0 Å². The van der Waals surface area contributed by atoms with Gasteiger partial charge >= 0.3 is 8.18 Å². The molecule has 0 aliphatic rings. The second-order valence-corrected chi connectivity index (χ2v) is 0.908. The minimum absolute atomic E-state index is 0. The molecule has 0 aromatic carbocycles. The van der Waals surface area contributed by atoms with Crippen molar-refractivity contribution in [3.05, 3.63) is 0 Å². The first-order valence-corrected chi connectivity index (χ1v) is 1.92. The normalized spacial score (nSPS) is 8.80. The van der Waals surface area contributed by atoms with E-state index in [1.165, 1.54) is 0 Å². The lowest BCUT2D eigenvalue weighted by Gasteiger charge is -1.36. The molecule has 0 aliphatic heterocycles. The van der Waals surface area contributed by atoms with E-state index in [4.69, 9.17) is 9.46 Å². The van der Waals surface area contributed by atoms with Crippen LogP contribution < -0.4 is 11.7 Å². The van der Waals surface area contributed by atoms with Crippen LogP contribution >= 0.6 is 8.18 Å². The van der Waals surface area contributed by atoms with Gasteiger partial charge in [-0.15, -0.1) is 4.89 Å². The molecule has 1 atom stereocenters. The molecule has 4 nitrogen and oxygen atoms in total. The van der Waals surface area contributed by atoms with Crippen LogP contribution in [0, 0.1) is 0 Å². The van der Waals surface area contributed by atoms with Crippen LogP contribution in [0.15, 0.2) is 0 Å². The zero-order valence-corrected chi connectivity index (χ0v) is 3.48. The molecular weight excluding hydrogens is 91.0 g/mol. The van der Waals surface area contributed by atoms with Crippen molar-refractivity contribution in [1.82, 2.24) is 6.15 Å². The van der Waals surface area contributed by atoms with E-state index in [2.05, 4.69) is 5.50 Å². The fourth-order valence-corrected chi connectivity index (χ4v) is 0. The van der Waals surface area contributed by atoms with E-state index in [9.17, 15) is 0 Å². The molecular formula is H6N2O2P+. The van der Waals surface area contributed by atoms with Gasteiger partial charge in [0.15, 0.2) is 0 Å². The number of rotatable bonds is 0. The predicted molar refractivity (Wildman–Crippen MR) is 19.0 cm³/mol. The Morgan fingerprint density at radius 2 is 1.80 bits per heavy atom. The molecule has 0 amide bonds. The van der Waals surface area contributed by atoms with Gasteiger partial charge in [-0.05, 0) is 4.57 Å². The summed E-state index contributed by atoms with van der Waals surface area (Å²) in [5.74, 6) is 0. The molecule has 32 valence electrons. The molecule has 0 fully saturated rings. The summed E-state index contributed by atoms with van der Waals surface area (Å²) < 4.78 is 8.93. The average molecular weight is 97.0 g/mol. The first-order chi connectivity index (χ1) is 1.73. The van der Waals surface area contributed by atoms with Crippen LogP contribution in [-0.4, -0.2) is 4.89 Å². The topological polar surface area (TPSA) is 98.3 Å². The van der Waals surface area contributed by atoms with Crippen LogP contribution in [0.4, 0.5) is 0 Å². The minimum Gasteiger partial charge on any atom is -0.344 e. The Balaban J connectivity index is 0. The van der Waals surface area contributed by atoms with Gasteiger partial charge in [0.2, 0.25) is 0 Å². The predicted octanol–water partition coefficient (Wildman–Crippen LogP) is -0.243. The average Bonchev–Trinajstić information content (AvgIpc) is 0.811. The lowest BCUT2D eigenvalue weighted by molar-refractivity contribution is 0.504. The van der Waals surface area contributed by atoms with E-state index in [1.54, 1.807) is 0 Å². The summed E-state index contributed by atoms with van der Waals surface area (Å²) in [7, 11) is -2.37. The molecule has 0 aliphatic carbocycles. The quantitative estimate of drug-likeness (QED) is 0.363. The van der Waals surface area contributed by atoms with E-state index in [1.807, 2.05) is 0 Å². The summed E-state index contributed by atoms with van der Waals surface area (Å²) in [5.41, 5.74) is 4.18. The maximum absolute atomic E-state index is 8.93. The van der Waals surface area contributed by atoms with Gasteiger partial charge < -0.3 is 6.15 Å². The van der Waals surface area contributed by atoms with Crippen molar-refractivity contribution in [3.8, 4) is 0 Å². The van der Waals surface area contributed by atoms with Gasteiger partial charge in [-0.2, -0.15) is 0 Å². The molecule has 0 aromatic heterocycles. The highest BCUT2D eigenvalue weighted by molar-refractivity contribution is 7.35. The molecule has 0 spiro atoms. The maximum atomic E-state index is 8.93. The van der Waals surface area contributed by atoms with Crippen LogP contribution in [0.2, 0.25) is 0 Å². The summed E-state index contributed by atoms with van der Waals surface area (Å²) in [4.78, 5) is 7.34. The van der Waals surface area contributed by atoms with Crippen LogP contribution in [-0.2, 0) is 4.57 Å². The summed E-state index contributed by atoms with van der Waals surface area (Å²) in [5, 5.41) is 0. The van der Waals surface area contributed by atoms with Gasteiger partial charge in [0.1, 0.15) is 0 Å². The minimum atomic E-state index is -2.37. The Morgan fingerprint density at radius 3 is 1.80 bits per heavy atom. The standard InChI is InChI=1S/H2NO2P.H3N/c1-4(2)3;/h(H2-,1,2,3);1H3/p+1. The summed E-state index contributed by atoms with van der Waals surface area (Å²) in [6, 6.07) is 0. The van der Waals surface area contributed by atoms with Gasteiger partial charge in [0.05, 0.1) is 0 Å². The lowest BCUT2D eigenvalue weighted by Crippen LogP contribution is -1.68. The fraction of sp³-hybridized carbons (Fsp3) is 0. The van der Waals surface area contributed by atoms with Crippen molar-refractivity contribution in [3.63, 3.8) is 0 Å². The van der Waals surface area contributed by atoms with E-state index in [0.717, 1.165) is 0 Å². The first kappa shape index (κ1) is 8.88. The van der Waals surface area contributed by atoms with Crippen molar-refractivity contribution in [1.29, 1.82) is 0 Å². The van der Waals surface area contributed by atoms with Crippen molar-refractivity contribution >= 4 is 8.18 Å². The molecule has 0 saturated heterocycles. The molecule has 0 bridgehead atoms. The van der Waals surface area contributed by atoms with Crippen molar-refractivity contribution in [2.24, 2.45) is 5.50 Å². The maximum Gasteiger partial charge on any atom is 0.607 e. The van der Waals surface area contributed by atoms with Crippen molar-refractivity contribution in [2.45, 2.75) is 0 Å². The third-order valence-corrected chi connectivity index (χ3v) is 0. The van der Waals surface area contributed by atoms with Gasteiger partial charge in [0.25, 0.3) is 0 Å². The molecule has 6 N–H and O–H groups in total. The number of nitrogens with two attached hydrogens (primary N) is 1. The Bertz CT molecular complexity index is 30.6. The number of hydrogen-bond donors (Lipinski definition) is 3. The Labute approximate surface area is 30.5 Å². The zero-order chi connectivity index (χ0) is 3.58. The van der Waals surface area contributed by atoms with Crippen LogP contribution in [0.3, 0.4) is 0 Å². The smallest absolute Gasteiger partial charge is 0.344 e. The fourth-order valence-electron chi connectivity index (χ4n) is 0. The van der Waals surface area contributed by atoms with Gasteiger partial charge in [-0.25, -0.2) is 0 Å². The third-order valence-electron chi connectivity index (χ3n) is 0. The highest BCUT2D eigenvalue weighted by Gasteiger charge is 1.88. The molecule has 0 aromatic rings. The third kappa shape index (κ3) is 39000. The molecule has 5 heavy (non-hydrogen) atoms. The molecule has 5 heteroatoms. The summed E-state index contributed by atoms with van der Waals surface area (Å²) in [6.45, 7) is 0. The monoisotopic (exact) mass is 97.0 g/mol. The van der Waals surface area contributed by atoms with E-state index in [0.29, 0.717) is 0 Å². The summed E-state index contributed by atoms with van der Waals surface area (Å²) in [6.07, 6.45) is 0. The van der Waals surface area contributed by atoms with Gasteiger partial charge in [0, 0.05) is 0 Å². The molecule has 1 unspecified atom stereocenters. The molecule has 0 saturated carbocycles. The van der Waals surface area contributed by atoms with Crippen molar-refractivity contribution < 1.29 is 9.46 Å². The second-order valence-electron chi connectivity index (χ2n) is 0.303. The number of hydrogen-bond acceptors (Lipinski definition) is 2. The van der Waals surface area contributed by atoms with E-state index in [-0.39, 0.29) is 6.15 Å². The van der Waals surface area contributed by atoms with Crippen LogP contribution in [0.5, 0.6) is 0 Å². The first-order valence-electron chi connectivity index (χ1n) is 0.641. The SMILES string of the molecule is N.N[P+](=O)O. The molecule has 0 heterocycles.